The molecule has 1 aromatic carbocycles. The number of halogens is 2. The number of hydrogen-bond acceptors (Lipinski definition) is 4. The van der Waals surface area contributed by atoms with Crippen molar-refractivity contribution in [2.75, 3.05) is 26.7 Å². The fourth-order valence-corrected chi connectivity index (χ4v) is 4.71. The Morgan fingerprint density at radius 2 is 1.77 bits per heavy atom. The average Bonchev–Trinajstić information content (AvgIpc) is 2.67. The van der Waals surface area contributed by atoms with Crippen LogP contribution in [-0.4, -0.2) is 46.1 Å². The first-order chi connectivity index (χ1) is 11.8. The molecule has 0 spiro atoms. The lowest BCUT2D eigenvalue weighted by molar-refractivity contribution is 0.234. The molecule has 1 saturated heterocycles. The molecule has 7 heteroatoms. The molecule has 2 aromatic rings. The molecule has 3 rings (SSSR count). The molecule has 1 fully saturated rings. The standard InChI is InChI=1S/C19H24N2O2S.2ClH/c1-23-18-4-2-3-5-19(18)24(22)17-9-14-21(15-10-17)13-8-16-6-11-20-12-7-16;;/h2-7,11-12,17H,8-10,13-15H2,1H3;2*1H. The van der Waals surface area contributed by atoms with E-state index in [2.05, 4.69) is 22.0 Å². The highest BCUT2D eigenvalue weighted by atomic mass is 35.5. The van der Waals surface area contributed by atoms with E-state index in [4.69, 9.17) is 4.74 Å². The van der Waals surface area contributed by atoms with Crippen molar-refractivity contribution in [3.05, 3.63) is 54.4 Å². The van der Waals surface area contributed by atoms with Gasteiger partial charge in [-0.2, -0.15) is 0 Å². The van der Waals surface area contributed by atoms with E-state index in [0.29, 0.717) is 0 Å². The lowest BCUT2D eigenvalue weighted by Gasteiger charge is -2.31. The minimum Gasteiger partial charge on any atom is -0.495 e. The highest BCUT2D eigenvalue weighted by Crippen LogP contribution is 2.27. The summed E-state index contributed by atoms with van der Waals surface area (Å²) in [6, 6.07) is 11.8. The van der Waals surface area contributed by atoms with E-state index in [1.165, 1.54) is 5.56 Å². The van der Waals surface area contributed by atoms with Crippen molar-refractivity contribution >= 4 is 35.6 Å². The number of hydrogen-bond donors (Lipinski definition) is 0. The minimum atomic E-state index is -0.996. The summed E-state index contributed by atoms with van der Waals surface area (Å²) in [6.45, 7) is 3.07. The van der Waals surface area contributed by atoms with E-state index in [1.54, 1.807) is 7.11 Å². The third-order valence-electron chi connectivity index (χ3n) is 4.59. The van der Waals surface area contributed by atoms with E-state index in [1.807, 2.05) is 36.7 Å². The molecule has 0 bridgehead atoms. The van der Waals surface area contributed by atoms with E-state index in [0.717, 1.165) is 49.5 Å². The molecule has 1 aromatic heterocycles. The van der Waals surface area contributed by atoms with Gasteiger partial charge in [-0.25, -0.2) is 0 Å². The van der Waals surface area contributed by atoms with Crippen molar-refractivity contribution < 1.29 is 8.95 Å². The van der Waals surface area contributed by atoms with Crippen LogP contribution in [0.3, 0.4) is 0 Å². The van der Waals surface area contributed by atoms with Crippen LogP contribution in [0.4, 0.5) is 0 Å². The Morgan fingerprint density at radius 1 is 1.12 bits per heavy atom. The van der Waals surface area contributed by atoms with Crippen LogP contribution in [0.15, 0.2) is 53.7 Å². The maximum Gasteiger partial charge on any atom is 0.134 e. The van der Waals surface area contributed by atoms with Crippen LogP contribution in [0, 0.1) is 0 Å². The van der Waals surface area contributed by atoms with Gasteiger partial charge in [-0.05, 0) is 62.2 Å². The molecule has 0 amide bonds. The number of ether oxygens (including phenoxy) is 1. The molecule has 0 aliphatic carbocycles. The van der Waals surface area contributed by atoms with Gasteiger partial charge >= 0.3 is 0 Å². The molecule has 4 nitrogen and oxygen atoms in total. The summed E-state index contributed by atoms with van der Waals surface area (Å²) in [7, 11) is 0.641. The molecular weight excluding hydrogens is 391 g/mol. The van der Waals surface area contributed by atoms with Crippen LogP contribution in [0.5, 0.6) is 5.75 Å². The second-order valence-electron chi connectivity index (χ2n) is 6.09. The molecular formula is C19H26Cl2N2O2S. The predicted molar refractivity (Wildman–Crippen MR) is 111 cm³/mol. The zero-order chi connectivity index (χ0) is 16.8. The molecule has 1 aliphatic rings. The van der Waals surface area contributed by atoms with Gasteiger partial charge < -0.3 is 9.64 Å². The summed E-state index contributed by atoms with van der Waals surface area (Å²) < 4.78 is 18.2. The van der Waals surface area contributed by atoms with Gasteiger partial charge in [-0.15, -0.1) is 24.8 Å². The highest BCUT2D eigenvalue weighted by Gasteiger charge is 2.26. The van der Waals surface area contributed by atoms with Gasteiger partial charge in [-0.1, -0.05) is 12.1 Å². The molecule has 2 heterocycles. The predicted octanol–water partition coefficient (Wildman–Crippen LogP) is 3.75. The largest absolute Gasteiger partial charge is 0.495 e. The van der Waals surface area contributed by atoms with Crippen molar-refractivity contribution in [3.63, 3.8) is 0 Å². The number of nitrogens with zero attached hydrogens (tertiary/aromatic N) is 2. The molecule has 0 radical (unpaired) electrons. The summed E-state index contributed by atoms with van der Waals surface area (Å²) in [5, 5.41) is 0.221. The van der Waals surface area contributed by atoms with Gasteiger partial charge in [0.05, 0.1) is 22.8 Å². The average molecular weight is 417 g/mol. The van der Waals surface area contributed by atoms with Crippen molar-refractivity contribution in [2.45, 2.75) is 29.4 Å². The zero-order valence-corrected chi connectivity index (χ0v) is 17.3. The van der Waals surface area contributed by atoms with Crippen LogP contribution >= 0.6 is 24.8 Å². The van der Waals surface area contributed by atoms with E-state index in [-0.39, 0.29) is 30.1 Å². The SMILES string of the molecule is COc1ccccc1S(=O)C1CCN(CCc2ccncc2)CC1.Cl.Cl. The fourth-order valence-electron chi connectivity index (χ4n) is 3.15. The first kappa shape index (κ1) is 22.9. The zero-order valence-electron chi connectivity index (χ0n) is 14.9. The van der Waals surface area contributed by atoms with E-state index in [9.17, 15) is 4.21 Å². The van der Waals surface area contributed by atoms with Crippen LogP contribution < -0.4 is 4.74 Å². The number of para-hydroxylation sites is 1. The van der Waals surface area contributed by atoms with E-state index < -0.39 is 10.8 Å². The molecule has 1 atom stereocenters. The summed E-state index contributed by atoms with van der Waals surface area (Å²) in [4.78, 5) is 7.35. The van der Waals surface area contributed by atoms with Gasteiger partial charge in [0.15, 0.2) is 0 Å². The number of pyridine rings is 1. The Kier molecular flexibility index (Phi) is 10.2. The van der Waals surface area contributed by atoms with Gasteiger partial charge in [0.25, 0.3) is 0 Å². The fraction of sp³-hybridized carbons (Fsp3) is 0.421. The minimum absolute atomic E-state index is 0. The molecule has 0 saturated carbocycles. The Hall–Kier alpha value is -1.14. The van der Waals surface area contributed by atoms with E-state index >= 15 is 0 Å². The van der Waals surface area contributed by atoms with Crippen LogP contribution in [0.2, 0.25) is 0 Å². The summed E-state index contributed by atoms with van der Waals surface area (Å²) >= 11 is 0. The second kappa shape index (κ2) is 11.5. The first-order valence-electron chi connectivity index (χ1n) is 8.43. The molecule has 144 valence electrons. The van der Waals surface area contributed by atoms with Crippen LogP contribution in [-0.2, 0) is 17.2 Å². The number of methoxy groups -OCH3 is 1. The monoisotopic (exact) mass is 416 g/mol. The lowest BCUT2D eigenvalue weighted by Crippen LogP contribution is -2.38. The van der Waals surface area contributed by atoms with Gasteiger partial charge in [0, 0.05) is 24.2 Å². The number of piperidine rings is 1. The topological polar surface area (TPSA) is 42.4 Å². The van der Waals surface area contributed by atoms with Crippen molar-refractivity contribution in [3.8, 4) is 5.75 Å². The highest BCUT2D eigenvalue weighted by molar-refractivity contribution is 7.85. The number of likely N-dealkylation sites (tertiary alicyclic amines) is 1. The third-order valence-corrected chi connectivity index (χ3v) is 6.44. The van der Waals surface area contributed by atoms with Crippen LogP contribution in [0.1, 0.15) is 18.4 Å². The maximum atomic E-state index is 12.9. The number of benzene rings is 1. The summed E-state index contributed by atoms with van der Waals surface area (Å²) in [5.74, 6) is 0.732. The third kappa shape index (κ3) is 5.95. The normalized spacial score (nSPS) is 16.2. The van der Waals surface area contributed by atoms with Crippen molar-refractivity contribution in [1.29, 1.82) is 0 Å². The van der Waals surface area contributed by atoms with Crippen molar-refractivity contribution in [1.82, 2.24) is 9.88 Å². The summed E-state index contributed by atoms with van der Waals surface area (Å²) in [5.41, 5.74) is 1.32. The van der Waals surface area contributed by atoms with Gasteiger partial charge in [-0.3, -0.25) is 9.19 Å². The molecule has 1 aliphatic heterocycles. The Balaban J connectivity index is 0.00000169. The Bertz CT molecular complexity index is 680. The Labute approximate surface area is 170 Å². The van der Waals surface area contributed by atoms with Crippen LogP contribution in [0.25, 0.3) is 0 Å². The smallest absolute Gasteiger partial charge is 0.134 e. The first-order valence-corrected chi connectivity index (χ1v) is 9.64. The van der Waals surface area contributed by atoms with Gasteiger partial charge in [0.2, 0.25) is 0 Å². The molecule has 26 heavy (non-hydrogen) atoms. The lowest BCUT2D eigenvalue weighted by atomic mass is 10.1. The number of aromatic nitrogens is 1. The molecule has 1 unspecified atom stereocenters. The Morgan fingerprint density at radius 3 is 2.42 bits per heavy atom. The number of rotatable bonds is 6. The maximum absolute atomic E-state index is 12.9. The van der Waals surface area contributed by atoms with Gasteiger partial charge in [0.1, 0.15) is 5.75 Å². The molecule has 0 N–H and O–H groups in total. The van der Waals surface area contributed by atoms with Crippen molar-refractivity contribution in [2.24, 2.45) is 0 Å². The second-order valence-corrected chi connectivity index (χ2v) is 7.80. The quantitative estimate of drug-likeness (QED) is 0.718. The summed E-state index contributed by atoms with van der Waals surface area (Å²) in [6.07, 6.45) is 6.68.